The summed E-state index contributed by atoms with van der Waals surface area (Å²) in [6, 6.07) is 6.85. The van der Waals surface area contributed by atoms with Gasteiger partial charge in [-0.15, -0.1) is 0 Å². The van der Waals surface area contributed by atoms with E-state index in [0.29, 0.717) is 37.6 Å². The van der Waals surface area contributed by atoms with E-state index < -0.39 is 11.9 Å². The van der Waals surface area contributed by atoms with Crippen molar-refractivity contribution in [3.8, 4) is 5.75 Å². The number of carboxylic acid groups (broad SMARTS) is 1. The van der Waals surface area contributed by atoms with Gasteiger partial charge in [0.25, 0.3) is 0 Å². The largest absolute Gasteiger partial charge is 0.492 e. The van der Waals surface area contributed by atoms with E-state index in [9.17, 15) is 14.4 Å². The molecule has 2 N–H and O–H groups in total. The monoisotopic (exact) mass is 361 g/mol. The highest BCUT2D eigenvalue weighted by Gasteiger charge is 2.41. The van der Waals surface area contributed by atoms with Gasteiger partial charge in [0.05, 0.1) is 24.3 Å². The standard InChI is InChI=1S/C18H23N3O5/c1-2-26-15-6-4-3-5-14(15)19-18(25)20-8-7-13(11-20)21-10-12(17(23)24)9-16(21)22/h3-6,12-13H,2,7-11H2,1H3,(H,19,25)(H,23,24). The lowest BCUT2D eigenvalue weighted by Gasteiger charge is -2.24. The number of hydrogen-bond acceptors (Lipinski definition) is 4. The van der Waals surface area contributed by atoms with Gasteiger partial charge in [-0.3, -0.25) is 9.59 Å². The maximum atomic E-state index is 12.5. The maximum absolute atomic E-state index is 12.5. The summed E-state index contributed by atoms with van der Waals surface area (Å²) in [5.74, 6) is -1.13. The number of ether oxygens (including phenoxy) is 1. The van der Waals surface area contributed by atoms with E-state index in [1.165, 1.54) is 0 Å². The molecule has 2 atom stereocenters. The zero-order valence-electron chi connectivity index (χ0n) is 14.7. The predicted octanol–water partition coefficient (Wildman–Crippen LogP) is 1.62. The third-order valence-corrected chi connectivity index (χ3v) is 4.83. The summed E-state index contributed by atoms with van der Waals surface area (Å²) in [7, 11) is 0. The first-order chi connectivity index (χ1) is 12.5. The number of amides is 3. The van der Waals surface area contributed by atoms with Gasteiger partial charge in [-0.25, -0.2) is 4.79 Å². The molecule has 2 saturated heterocycles. The summed E-state index contributed by atoms with van der Waals surface area (Å²) in [4.78, 5) is 39.0. The van der Waals surface area contributed by atoms with Crippen LogP contribution in [0.2, 0.25) is 0 Å². The lowest BCUT2D eigenvalue weighted by molar-refractivity contribution is -0.141. The second-order valence-electron chi connectivity index (χ2n) is 6.53. The van der Waals surface area contributed by atoms with Gasteiger partial charge in [0.1, 0.15) is 5.75 Å². The molecule has 2 aliphatic heterocycles. The van der Waals surface area contributed by atoms with Crippen molar-refractivity contribution in [1.29, 1.82) is 0 Å². The van der Waals surface area contributed by atoms with Crippen LogP contribution in [0, 0.1) is 5.92 Å². The fourth-order valence-electron chi connectivity index (χ4n) is 3.48. The van der Waals surface area contributed by atoms with Crippen molar-refractivity contribution in [3.63, 3.8) is 0 Å². The van der Waals surface area contributed by atoms with E-state index in [1.807, 2.05) is 19.1 Å². The van der Waals surface area contributed by atoms with Crippen LogP contribution in [0.15, 0.2) is 24.3 Å². The Hall–Kier alpha value is -2.77. The highest BCUT2D eigenvalue weighted by molar-refractivity contribution is 5.91. The number of nitrogens with one attached hydrogen (secondary N) is 1. The number of rotatable bonds is 5. The van der Waals surface area contributed by atoms with E-state index >= 15 is 0 Å². The van der Waals surface area contributed by atoms with Crippen LogP contribution in [0.1, 0.15) is 19.8 Å². The third kappa shape index (κ3) is 3.74. The van der Waals surface area contributed by atoms with Gasteiger partial charge in [0.2, 0.25) is 5.91 Å². The van der Waals surface area contributed by atoms with Gasteiger partial charge < -0.3 is 25.0 Å². The van der Waals surface area contributed by atoms with Crippen molar-refractivity contribution in [2.45, 2.75) is 25.8 Å². The molecule has 0 aliphatic carbocycles. The van der Waals surface area contributed by atoms with Gasteiger partial charge in [0, 0.05) is 26.1 Å². The predicted molar refractivity (Wildman–Crippen MR) is 94.1 cm³/mol. The molecular weight excluding hydrogens is 338 g/mol. The summed E-state index contributed by atoms with van der Waals surface area (Å²) in [5, 5.41) is 12.0. The highest BCUT2D eigenvalue weighted by Crippen LogP contribution is 2.27. The molecule has 2 fully saturated rings. The van der Waals surface area contributed by atoms with Crippen LogP contribution >= 0.6 is 0 Å². The zero-order chi connectivity index (χ0) is 18.7. The molecule has 2 heterocycles. The minimum Gasteiger partial charge on any atom is -0.492 e. The first-order valence-electron chi connectivity index (χ1n) is 8.79. The number of carboxylic acids is 1. The van der Waals surface area contributed by atoms with Crippen LogP contribution in [0.25, 0.3) is 0 Å². The summed E-state index contributed by atoms with van der Waals surface area (Å²) in [6.45, 7) is 3.53. The van der Waals surface area contributed by atoms with Crippen molar-refractivity contribution in [2.24, 2.45) is 5.92 Å². The molecule has 0 spiro atoms. The molecule has 0 radical (unpaired) electrons. The minimum absolute atomic E-state index is 0.0414. The van der Waals surface area contributed by atoms with E-state index in [0.717, 1.165) is 0 Å². The number of nitrogens with zero attached hydrogens (tertiary/aromatic N) is 2. The molecule has 0 saturated carbocycles. The Kier molecular flexibility index (Phi) is 5.29. The Morgan fingerprint density at radius 3 is 2.77 bits per heavy atom. The number of urea groups is 1. The number of benzene rings is 1. The van der Waals surface area contributed by atoms with Crippen LogP contribution in [0.3, 0.4) is 0 Å². The number of carbonyl (C=O) groups is 3. The van der Waals surface area contributed by atoms with Gasteiger partial charge in [-0.2, -0.15) is 0 Å². The quantitative estimate of drug-likeness (QED) is 0.830. The SMILES string of the molecule is CCOc1ccccc1NC(=O)N1CCC(N2CC(C(=O)O)CC2=O)C1. The zero-order valence-corrected chi connectivity index (χ0v) is 14.7. The summed E-state index contributed by atoms with van der Waals surface area (Å²) < 4.78 is 5.51. The Bertz CT molecular complexity index is 708. The van der Waals surface area contributed by atoms with Crippen LogP contribution in [-0.4, -0.2) is 65.1 Å². The summed E-state index contributed by atoms with van der Waals surface area (Å²) in [6.07, 6.45) is 0.693. The number of para-hydroxylation sites is 2. The van der Waals surface area contributed by atoms with E-state index in [4.69, 9.17) is 9.84 Å². The molecule has 1 aromatic rings. The Morgan fingerprint density at radius 1 is 1.31 bits per heavy atom. The summed E-state index contributed by atoms with van der Waals surface area (Å²) >= 11 is 0. The lowest BCUT2D eigenvalue weighted by Crippen LogP contribution is -2.41. The van der Waals surface area contributed by atoms with E-state index in [1.54, 1.807) is 21.9 Å². The van der Waals surface area contributed by atoms with Gasteiger partial charge in [-0.1, -0.05) is 12.1 Å². The van der Waals surface area contributed by atoms with Crippen LogP contribution in [0.5, 0.6) is 5.75 Å². The molecule has 8 heteroatoms. The Labute approximate surface area is 151 Å². The first kappa shape index (κ1) is 18.0. The fraction of sp³-hybridized carbons (Fsp3) is 0.500. The van der Waals surface area contributed by atoms with Crippen molar-refractivity contribution in [1.82, 2.24) is 9.80 Å². The fourth-order valence-corrected chi connectivity index (χ4v) is 3.48. The molecule has 0 aromatic heterocycles. The molecule has 2 unspecified atom stereocenters. The van der Waals surface area contributed by atoms with Crippen molar-refractivity contribution >= 4 is 23.6 Å². The van der Waals surface area contributed by atoms with Crippen LogP contribution in [0.4, 0.5) is 10.5 Å². The van der Waals surface area contributed by atoms with E-state index in [2.05, 4.69) is 5.32 Å². The Morgan fingerprint density at radius 2 is 2.08 bits per heavy atom. The summed E-state index contributed by atoms with van der Waals surface area (Å²) in [5.41, 5.74) is 0.603. The topological polar surface area (TPSA) is 99.2 Å². The number of carbonyl (C=O) groups excluding carboxylic acids is 2. The number of aliphatic carboxylic acids is 1. The highest BCUT2D eigenvalue weighted by atomic mass is 16.5. The normalized spacial score (nSPS) is 22.6. The Balaban J connectivity index is 1.60. The molecule has 140 valence electrons. The second kappa shape index (κ2) is 7.63. The lowest BCUT2D eigenvalue weighted by atomic mass is 10.1. The van der Waals surface area contributed by atoms with Crippen molar-refractivity contribution < 1.29 is 24.2 Å². The number of likely N-dealkylation sites (tertiary alicyclic amines) is 2. The second-order valence-corrected chi connectivity index (χ2v) is 6.53. The molecule has 26 heavy (non-hydrogen) atoms. The molecule has 3 amide bonds. The van der Waals surface area contributed by atoms with Crippen LogP contribution < -0.4 is 10.1 Å². The average Bonchev–Trinajstić information content (AvgIpc) is 3.23. The van der Waals surface area contributed by atoms with Gasteiger partial charge >= 0.3 is 12.0 Å². The molecule has 1 aromatic carbocycles. The van der Waals surface area contributed by atoms with E-state index in [-0.39, 0.29) is 30.9 Å². The molecular formula is C18H23N3O5. The van der Waals surface area contributed by atoms with Gasteiger partial charge in [-0.05, 0) is 25.5 Å². The van der Waals surface area contributed by atoms with Gasteiger partial charge in [0.15, 0.2) is 0 Å². The molecule has 0 bridgehead atoms. The number of hydrogen-bond donors (Lipinski definition) is 2. The molecule has 8 nitrogen and oxygen atoms in total. The molecule has 3 rings (SSSR count). The average molecular weight is 361 g/mol. The van der Waals surface area contributed by atoms with Crippen molar-refractivity contribution in [3.05, 3.63) is 24.3 Å². The molecule has 2 aliphatic rings. The smallest absolute Gasteiger partial charge is 0.322 e. The minimum atomic E-state index is -0.944. The number of anilines is 1. The first-order valence-corrected chi connectivity index (χ1v) is 8.79. The maximum Gasteiger partial charge on any atom is 0.322 e. The van der Waals surface area contributed by atoms with Crippen LogP contribution in [-0.2, 0) is 9.59 Å². The van der Waals surface area contributed by atoms with Crippen molar-refractivity contribution in [2.75, 3.05) is 31.6 Å². The third-order valence-electron chi connectivity index (χ3n) is 4.83.